The first kappa shape index (κ1) is 19.0. The van der Waals surface area contributed by atoms with E-state index in [9.17, 15) is 28.4 Å². The molecule has 0 aromatic heterocycles. The lowest BCUT2D eigenvalue weighted by Gasteiger charge is -2.16. The van der Waals surface area contributed by atoms with E-state index in [0.717, 1.165) is 12.1 Å². The van der Waals surface area contributed by atoms with E-state index in [4.69, 9.17) is 4.74 Å². The van der Waals surface area contributed by atoms with E-state index in [2.05, 4.69) is 4.72 Å². The summed E-state index contributed by atoms with van der Waals surface area (Å²) in [7, 11) is -4.16. The van der Waals surface area contributed by atoms with Crippen molar-refractivity contribution in [2.24, 2.45) is 0 Å². The second-order valence-electron chi connectivity index (χ2n) is 4.71. The van der Waals surface area contributed by atoms with Gasteiger partial charge in [0.2, 0.25) is 10.0 Å². The molecule has 1 aromatic carbocycles. The third kappa shape index (κ3) is 5.93. The predicted octanol–water partition coefficient (Wildman–Crippen LogP) is 0.577. The second-order valence-corrected chi connectivity index (χ2v) is 6.39. The van der Waals surface area contributed by atoms with Crippen molar-refractivity contribution >= 4 is 21.7 Å². The molecule has 0 heterocycles. The number of ether oxygens (including phenoxy) is 1. The number of carbonyl (C=O) groups is 1. The van der Waals surface area contributed by atoms with Crippen LogP contribution >= 0.6 is 0 Å². The number of aliphatic hydroxyl groups is 1. The van der Waals surface area contributed by atoms with E-state index in [0.29, 0.717) is 6.42 Å². The van der Waals surface area contributed by atoms with E-state index < -0.39 is 44.1 Å². The molecule has 128 valence electrons. The molecule has 1 aromatic rings. The van der Waals surface area contributed by atoms with Crippen LogP contribution in [0.25, 0.3) is 0 Å². The van der Waals surface area contributed by atoms with E-state index in [1.54, 1.807) is 0 Å². The molecule has 2 N–H and O–H groups in total. The van der Waals surface area contributed by atoms with Gasteiger partial charge >= 0.3 is 5.97 Å². The van der Waals surface area contributed by atoms with Gasteiger partial charge in [0.05, 0.1) is 18.1 Å². The molecule has 0 aliphatic heterocycles. The molecule has 0 saturated carbocycles. The van der Waals surface area contributed by atoms with Crippen LogP contribution in [-0.2, 0) is 19.6 Å². The Morgan fingerprint density at radius 2 is 2.09 bits per heavy atom. The number of rotatable bonds is 9. The molecule has 10 heteroatoms. The van der Waals surface area contributed by atoms with E-state index in [1.165, 1.54) is 19.1 Å². The predicted molar refractivity (Wildman–Crippen MR) is 80.2 cm³/mol. The Hall–Kier alpha value is -2.04. The molecule has 0 fully saturated rings. The van der Waals surface area contributed by atoms with Crippen LogP contribution in [0.5, 0.6) is 0 Å². The fraction of sp³-hybridized carbons (Fsp3) is 0.462. The average molecular weight is 346 g/mol. The van der Waals surface area contributed by atoms with Crippen LogP contribution in [0.4, 0.5) is 5.69 Å². The van der Waals surface area contributed by atoms with Gasteiger partial charge in [0, 0.05) is 19.0 Å². The summed E-state index contributed by atoms with van der Waals surface area (Å²) >= 11 is 0. The van der Waals surface area contributed by atoms with Gasteiger partial charge in [-0.05, 0) is 18.9 Å². The summed E-state index contributed by atoms with van der Waals surface area (Å²) in [4.78, 5) is 20.3. The average Bonchev–Trinajstić information content (AvgIpc) is 2.50. The van der Waals surface area contributed by atoms with Crippen LogP contribution in [0.3, 0.4) is 0 Å². The fourth-order valence-electron chi connectivity index (χ4n) is 1.85. The standard InChI is InChI=1S/C13H18N2O7S/c1-10(17)22-8-4-5-11(9-16)14-23(20,21)13-7-3-2-6-12(13)15(18)19/h2-3,6-7,11,14,16H,4-5,8-9H2,1H3/t11-/m1/s1. The fourth-order valence-corrected chi connectivity index (χ4v) is 3.29. The third-order valence-electron chi connectivity index (χ3n) is 2.90. The van der Waals surface area contributed by atoms with E-state index in [-0.39, 0.29) is 13.0 Å². The normalized spacial score (nSPS) is 12.6. The van der Waals surface area contributed by atoms with Crippen molar-refractivity contribution in [3.8, 4) is 0 Å². The number of benzene rings is 1. The molecule has 0 spiro atoms. The van der Waals surface area contributed by atoms with Crippen LogP contribution in [0.2, 0.25) is 0 Å². The minimum Gasteiger partial charge on any atom is -0.466 e. The minimum atomic E-state index is -4.16. The Morgan fingerprint density at radius 1 is 1.43 bits per heavy atom. The van der Waals surface area contributed by atoms with Crippen LogP contribution in [-0.4, -0.2) is 43.7 Å². The van der Waals surface area contributed by atoms with Crippen LogP contribution in [0.1, 0.15) is 19.8 Å². The number of carbonyl (C=O) groups excluding carboxylic acids is 1. The number of hydrogen-bond acceptors (Lipinski definition) is 7. The molecule has 0 saturated heterocycles. The smallest absolute Gasteiger partial charge is 0.302 e. The van der Waals surface area contributed by atoms with Gasteiger partial charge in [-0.3, -0.25) is 14.9 Å². The molecule has 0 aliphatic rings. The summed E-state index contributed by atoms with van der Waals surface area (Å²) < 4.78 is 31.4. The summed E-state index contributed by atoms with van der Waals surface area (Å²) in [5.74, 6) is -0.453. The van der Waals surface area contributed by atoms with Gasteiger partial charge in [-0.25, -0.2) is 13.1 Å². The highest BCUT2D eigenvalue weighted by atomic mass is 32.2. The molecule has 0 aliphatic carbocycles. The van der Waals surface area contributed by atoms with Gasteiger partial charge in [-0.1, -0.05) is 12.1 Å². The number of aliphatic hydroxyl groups excluding tert-OH is 1. The second kappa shape index (κ2) is 8.56. The van der Waals surface area contributed by atoms with Crippen molar-refractivity contribution in [3.05, 3.63) is 34.4 Å². The number of sulfonamides is 1. The maximum absolute atomic E-state index is 12.3. The van der Waals surface area contributed by atoms with Crippen molar-refractivity contribution in [1.29, 1.82) is 0 Å². The summed E-state index contributed by atoms with van der Waals surface area (Å²) in [6, 6.07) is 4.10. The summed E-state index contributed by atoms with van der Waals surface area (Å²) in [5, 5.41) is 20.2. The molecular formula is C13H18N2O7S. The first-order valence-corrected chi connectivity index (χ1v) is 8.26. The maximum atomic E-state index is 12.3. The van der Waals surface area contributed by atoms with E-state index in [1.807, 2.05) is 0 Å². The van der Waals surface area contributed by atoms with Crippen molar-refractivity contribution in [2.45, 2.75) is 30.7 Å². The highest BCUT2D eigenvalue weighted by Crippen LogP contribution is 2.23. The van der Waals surface area contributed by atoms with Crippen molar-refractivity contribution < 1.29 is 28.0 Å². The lowest BCUT2D eigenvalue weighted by molar-refractivity contribution is -0.387. The molecular weight excluding hydrogens is 328 g/mol. The van der Waals surface area contributed by atoms with Gasteiger partial charge in [0.1, 0.15) is 0 Å². The summed E-state index contributed by atoms with van der Waals surface area (Å²) in [6.45, 7) is 0.861. The van der Waals surface area contributed by atoms with Gasteiger partial charge in [-0.15, -0.1) is 0 Å². The number of nitro groups is 1. The Morgan fingerprint density at radius 3 is 2.65 bits per heavy atom. The first-order valence-electron chi connectivity index (χ1n) is 6.78. The van der Waals surface area contributed by atoms with Crippen molar-refractivity contribution in [2.75, 3.05) is 13.2 Å². The number of nitrogens with one attached hydrogen (secondary N) is 1. The van der Waals surface area contributed by atoms with Crippen LogP contribution < -0.4 is 4.72 Å². The van der Waals surface area contributed by atoms with Gasteiger partial charge in [0.15, 0.2) is 4.90 Å². The summed E-state index contributed by atoms with van der Waals surface area (Å²) in [6.07, 6.45) is 0.549. The quantitative estimate of drug-likeness (QED) is 0.289. The van der Waals surface area contributed by atoms with Gasteiger partial charge in [-0.2, -0.15) is 0 Å². The summed E-state index contributed by atoms with van der Waals surface area (Å²) in [5.41, 5.74) is -0.545. The van der Waals surface area contributed by atoms with E-state index >= 15 is 0 Å². The highest BCUT2D eigenvalue weighted by molar-refractivity contribution is 7.89. The maximum Gasteiger partial charge on any atom is 0.302 e. The number of nitro benzene ring substituents is 1. The van der Waals surface area contributed by atoms with Gasteiger partial charge in [0.25, 0.3) is 5.69 Å². The van der Waals surface area contributed by atoms with Crippen LogP contribution in [0, 0.1) is 10.1 Å². The topological polar surface area (TPSA) is 136 Å². The Labute approximate surface area is 133 Å². The van der Waals surface area contributed by atoms with Crippen LogP contribution in [0.15, 0.2) is 29.2 Å². The Balaban J connectivity index is 2.80. The molecule has 1 atom stereocenters. The largest absolute Gasteiger partial charge is 0.466 e. The molecule has 1 rings (SSSR count). The zero-order chi connectivity index (χ0) is 17.5. The minimum absolute atomic E-state index is 0.0963. The third-order valence-corrected chi connectivity index (χ3v) is 4.46. The Bertz CT molecular complexity index is 660. The SMILES string of the molecule is CC(=O)OCCC[C@H](CO)NS(=O)(=O)c1ccccc1[N+](=O)[O-]. The van der Waals surface area contributed by atoms with Crippen molar-refractivity contribution in [3.63, 3.8) is 0 Å². The molecule has 0 radical (unpaired) electrons. The van der Waals surface area contributed by atoms with Gasteiger partial charge < -0.3 is 9.84 Å². The first-order chi connectivity index (χ1) is 10.8. The number of nitrogens with zero attached hydrogens (tertiary/aromatic N) is 1. The lowest BCUT2D eigenvalue weighted by atomic mass is 10.2. The van der Waals surface area contributed by atoms with Crippen molar-refractivity contribution in [1.82, 2.24) is 4.72 Å². The molecule has 9 nitrogen and oxygen atoms in total. The number of esters is 1. The Kier molecular flexibility index (Phi) is 7.07. The molecule has 0 bridgehead atoms. The lowest BCUT2D eigenvalue weighted by Crippen LogP contribution is -2.37. The highest BCUT2D eigenvalue weighted by Gasteiger charge is 2.27. The molecule has 0 amide bonds. The zero-order valence-electron chi connectivity index (χ0n) is 12.5. The number of hydrogen-bond donors (Lipinski definition) is 2. The number of para-hydroxylation sites is 1. The molecule has 0 unspecified atom stereocenters. The molecule has 23 heavy (non-hydrogen) atoms. The monoisotopic (exact) mass is 346 g/mol. The zero-order valence-corrected chi connectivity index (χ0v) is 13.3.